The Kier molecular flexibility index (Phi) is 7.25. The van der Waals surface area contributed by atoms with Gasteiger partial charge >= 0.3 is 0 Å². The Morgan fingerprint density at radius 2 is 1.88 bits per heavy atom. The van der Waals surface area contributed by atoms with Crippen LogP contribution >= 0.6 is 0 Å². The van der Waals surface area contributed by atoms with Gasteiger partial charge < -0.3 is 0 Å². The average molecular weight is 110 g/mol. The van der Waals surface area contributed by atoms with Gasteiger partial charge in [0.05, 0.1) is 14.3 Å². The van der Waals surface area contributed by atoms with Gasteiger partial charge in [-0.3, -0.25) is 0 Å². The summed E-state index contributed by atoms with van der Waals surface area (Å²) in [6.07, 6.45) is 5.61. The largest absolute Gasteiger partial charge is 0.0874 e. The third kappa shape index (κ3) is 6.13. The smallest absolute Gasteiger partial charge is 0.0865 e. The van der Waals surface area contributed by atoms with Crippen LogP contribution in [0.5, 0.6) is 0 Å². The van der Waals surface area contributed by atoms with E-state index in [9.17, 15) is 0 Å². The Labute approximate surface area is 54.5 Å². The van der Waals surface area contributed by atoms with Crippen LogP contribution in [0.15, 0.2) is 0 Å². The Hall–Kier alpha value is 0.130. The third-order valence-electron chi connectivity index (χ3n) is 1.46. The summed E-state index contributed by atoms with van der Waals surface area (Å²) in [4.78, 5) is 0. The van der Waals surface area contributed by atoms with Crippen molar-refractivity contribution < 1.29 is 0 Å². The van der Waals surface area contributed by atoms with Gasteiger partial charge in [-0.2, -0.15) is 0 Å². The third-order valence-corrected chi connectivity index (χ3v) is 1.46. The minimum Gasteiger partial charge on any atom is -0.0874 e. The topological polar surface area (TPSA) is 0 Å². The molecule has 0 rings (SSSR count). The summed E-state index contributed by atoms with van der Waals surface area (Å²) in [5, 5.41) is 0. The molecule has 0 spiro atoms. The van der Waals surface area contributed by atoms with Crippen LogP contribution in [0.25, 0.3) is 0 Å². The fourth-order valence-electron chi connectivity index (χ4n) is 0.854. The molecule has 2 heteroatoms. The highest BCUT2D eigenvalue weighted by Gasteiger charge is 1.88. The van der Waals surface area contributed by atoms with E-state index in [1.165, 1.54) is 39.8 Å². The molecule has 0 aromatic carbocycles. The quantitative estimate of drug-likeness (QED) is 0.370. The van der Waals surface area contributed by atoms with Crippen LogP contribution in [-0.4, -0.2) is 14.3 Å². The van der Waals surface area contributed by atoms with Gasteiger partial charge in [-0.1, -0.05) is 39.3 Å². The van der Waals surface area contributed by atoms with E-state index in [2.05, 4.69) is 13.8 Å². The maximum atomic E-state index is 2.26. The normalized spacial score (nSPS) is 8.75. The Bertz CT molecular complexity index is 31.5. The number of rotatable bonds is 5. The summed E-state index contributed by atoms with van der Waals surface area (Å²) < 4.78 is 0. The molecular formula is C6H16B2. The second kappa shape index (κ2) is 7.13. The molecule has 0 unspecified atom stereocenters. The summed E-state index contributed by atoms with van der Waals surface area (Å²) in [6, 6.07) is 0. The van der Waals surface area contributed by atoms with E-state index in [0.29, 0.717) is 0 Å². The zero-order valence-corrected chi connectivity index (χ0v) is 6.24. The van der Waals surface area contributed by atoms with E-state index in [0.717, 1.165) is 0 Å². The first-order valence-electron chi connectivity index (χ1n) is 3.91. The molecule has 0 N–H and O–H groups in total. The maximum Gasteiger partial charge on any atom is 0.0865 e. The standard InChI is InChI=1S/C6H16B2/c1-3-5-6-8-7-4-2/h7-8H,3-6H2,1-2H3. The molecule has 0 heterocycles. The molecule has 0 aromatic rings. The van der Waals surface area contributed by atoms with Crippen molar-refractivity contribution in [3.8, 4) is 0 Å². The van der Waals surface area contributed by atoms with Crippen molar-refractivity contribution in [2.45, 2.75) is 39.3 Å². The molecule has 0 aliphatic heterocycles. The van der Waals surface area contributed by atoms with Crippen LogP contribution in [0.1, 0.15) is 26.7 Å². The van der Waals surface area contributed by atoms with Gasteiger partial charge in [-0.25, -0.2) is 0 Å². The summed E-state index contributed by atoms with van der Waals surface area (Å²) in [6.45, 7) is 4.51. The van der Waals surface area contributed by atoms with Crippen molar-refractivity contribution in [2.24, 2.45) is 0 Å². The van der Waals surface area contributed by atoms with Gasteiger partial charge in [0.15, 0.2) is 0 Å². The zero-order valence-electron chi connectivity index (χ0n) is 6.24. The lowest BCUT2D eigenvalue weighted by molar-refractivity contribution is 0.882. The monoisotopic (exact) mass is 110 g/mol. The van der Waals surface area contributed by atoms with E-state index in [1.54, 1.807) is 0 Å². The molecule has 0 atom stereocenters. The molecular weight excluding hydrogens is 93.7 g/mol. The lowest BCUT2D eigenvalue weighted by Crippen LogP contribution is -1.99. The highest BCUT2D eigenvalue weighted by molar-refractivity contribution is 7.00. The molecule has 0 saturated carbocycles. The lowest BCUT2D eigenvalue weighted by atomic mass is 9.36. The molecule has 0 bridgehead atoms. The predicted molar refractivity (Wildman–Crippen MR) is 44.5 cm³/mol. The SMILES string of the molecule is CCBBCCCC. The van der Waals surface area contributed by atoms with Gasteiger partial charge in [0.1, 0.15) is 0 Å². The second-order valence-corrected chi connectivity index (χ2v) is 2.41. The first-order chi connectivity index (χ1) is 3.91. The van der Waals surface area contributed by atoms with Gasteiger partial charge in [0, 0.05) is 0 Å². The Morgan fingerprint density at radius 1 is 1.12 bits per heavy atom. The maximum absolute atomic E-state index is 2.26. The van der Waals surface area contributed by atoms with Crippen molar-refractivity contribution in [2.75, 3.05) is 0 Å². The van der Waals surface area contributed by atoms with Gasteiger partial charge in [-0.15, -0.1) is 0 Å². The zero-order chi connectivity index (χ0) is 6.24. The highest BCUT2D eigenvalue weighted by atomic mass is 13.7. The Balaban J connectivity index is 2.53. The van der Waals surface area contributed by atoms with Gasteiger partial charge in [0.25, 0.3) is 0 Å². The van der Waals surface area contributed by atoms with Crippen molar-refractivity contribution in [3.05, 3.63) is 0 Å². The van der Waals surface area contributed by atoms with Crippen molar-refractivity contribution in [3.63, 3.8) is 0 Å². The van der Waals surface area contributed by atoms with Crippen molar-refractivity contribution in [1.29, 1.82) is 0 Å². The average Bonchev–Trinajstić information content (AvgIpc) is 1.81. The minimum absolute atomic E-state index is 1.36. The molecule has 0 aromatic heterocycles. The molecule has 46 valence electrons. The lowest BCUT2D eigenvalue weighted by Gasteiger charge is -1.90. The van der Waals surface area contributed by atoms with Crippen LogP contribution in [0.2, 0.25) is 12.6 Å². The van der Waals surface area contributed by atoms with E-state index < -0.39 is 0 Å². The van der Waals surface area contributed by atoms with Crippen LogP contribution in [0.3, 0.4) is 0 Å². The molecule has 8 heavy (non-hydrogen) atoms. The number of hydrogen-bond acceptors (Lipinski definition) is 0. The number of hydrogen-bond donors (Lipinski definition) is 0. The van der Waals surface area contributed by atoms with Crippen molar-refractivity contribution >= 4 is 14.3 Å². The van der Waals surface area contributed by atoms with Crippen LogP contribution in [0.4, 0.5) is 0 Å². The molecule has 0 saturated heterocycles. The van der Waals surface area contributed by atoms with E-state index in [-0.39, 0.29) is 0 Å². The fourth-order valence-corrected chi connectivity index (χ4v) is 0.854. The molecule has 0 radical (unpaired) electrons. The van der Waals surface area contributed by atoms with Crippen LogP contribution < -0.4 is 0 Å². The molecule has 0 aliphatic carbocycles. The summed E-state index contributed by atoms with van der Waals surface area (Å²) in [5.41, 5.74) is 0. The summed E-state index contributed by atoms with van der Waals surface area (Å²) in [7, 11) is 2.88. The number of unbranched alkanes of at least 4 members (excludes halogenated alkanes) is 1. The molecule has 0 amide bonds. The summed E-state index contributed by atoms with van der Waals surface area (Å²) >= 11 is 0. The Morgan fingerprint density at radius 3 is 2.38 bits per heavy atom. The summed E-state index contributed by atoms with van der Waals surface area (Å²) in [5.74, 6) is 0. The molecule has 0 aliphatic rings. The van der Waals surface area contributed by atoms with Gasteiger partial charge in [0.2, 0.25) is 0 Å². The predicted octanol–water partition coefficient (Wildman–Crippen LogP) is 1.43. The molecule has 0 nitrogen and oxygen atoms in total. The van der Waals surface area contributed by atoms with Crippen LogP contribution in [-0.2, 0) is 0 Å². The van der Waals surface area contributed by atoms with Crippen LogP contribution in [0, 0.1) is 0 Å². The first kappa shape index (κ1) is 8.13. The van der Waals surface area contributed by atoms with Crippen molar-refractivity contribution in [1.82, 2.24) is 0 Å². The molecule has 0 fully saturated rings. The highest BCUT2D eigenvalue weighted by Crippen LogP contribution is 1.92. The fraction of sp³-hybridized carbons (Fsp3) is 1.00. The van der Waals surface area contributed by atoms with E-state index in [4.69, 9.17) is 0 Å². The minimum atomic E-state index is 1.36. The second-order valence-electron chi connectivity index (χ2n) is 2.41. The van der Waals surface area contributed by atoms with Gasteiger partial charge in [-0.05, 0) is 0 Å². The van der Waals surface area contributed by atoms with E-state index in [1.807, 2.05) is 0 Å². The first-order valence-corrected chi connectivity index (χ1v) is 3.91. The van der Waals surface area contributed by atoms with E-state index >= 15 is 0 Å².